The molecule has 0 aliphatic carbocycles. The molecule has 0 spiro atoms. The zero-order valence-corrected chi connectivity index (χ0v) is 12.5. The van der Waals surface area contributed by atoms with Gasteiger partial charge in [-0.3, -0.25) is 0 Å². The van der Waals surface area contributed by atoms with Gasteiger partial charge in [0.1, 0.15) is 5.82 Å². The summed E-state index contributed by atoms with van der Waals surface area (Å²) in [6.07, 6.45) is 3.80. The van der Waals surface area contributed by atoms with E-state index < -0.39 is 0 Å². The molecule has 0 fully saturated rings. The summed E-state index contributed by atoms with van der Waals surface area (Å²) in [7, 11) is 1.66. The van der Waals surface area contributed by atoms with Crippen molar-refractivity contribution in [2.45, 2.75) is 6.54 Å². The van der Waals surface area contributed by atoms with E-state index in [9.17, 15) is 0 Å². The van der Waals surface area contributed by atoms with Gasteiger partial charge in [0.25, 0.3) is 0 Å². The fraction of sp³-hybridized carbons (Fsp3) is 0.500. The molecule has 6 heteroatoms. The van der Waals surface area contributed by atoms with Gasteiger partial charge < -0.3 is 18.8 Å². The Bertz CT molecular complexity index is 470. The van der Waals surface area contributed by atoms with Crippen molar-refractivity contribution in [1.29, 1.82) is 0 Å². The van der Waals surface area contributed by atoms with E-state index in [2.05, 4.69) is 21.0 Å². The molecule has 2 heterocycles. The quantitative estimate of drug-likeness (QED) is 0.631. The molecule has 0 N–H and O–H groups in total. The van der Waals surface area contributed by atoms with E-state index in [4.69, 9.17) is 14.2 Å². The van der Waals surface area contributed by atoms with Crippen LogP contribution in [0.2, 0.25) is 0 Å². The number of methoxy groups -OCH3 is 1. The van der Waals surface area contributed by atoms with Crippen molar-refractivity contribution < 1.29 is 14.2 Å². The summed E-state index contributed by atoms with van der Waals surface area (Å²) in [5.41, 5.74) is 0. The number of thiophene rings is 1. The van der Waals surface area contributed by atoms with Gasteiger partial charge in [0.15, 0.2) is 0 Å². The predicted octanol–water partition coefficient (Wildman–Crippen LogP) is 2.29. The third kappa shape index (κ3) is 4.72. The van der Waals surface area contributed by atoms with Gasteiger partial charge in [-0.1, -0.05) is 6.07 Å². The highest BCUT2D eigenvalue weighted by molar-refractivity contribution is 7.13. The Morgan fingerprint density at radius 3 is 2.70 bits per heavy atom. The molecule has 2 aromatic heterocycles. The molecule has 0 bridgehead atoms. The van der Waals surface area contributed by atoms with Crippen LogP contribution in [-0.4, -0.2) is 49.7 Å². The highest BCUT2D eigenvalue weighted by Gasteiger charge is 2.06. The maximum atomic E-state index is 5.55. The number of ether oxygens (including phenoxy) is 3. The maximum Gasteiger partial charge on any atom is 0.150 e. The minimum atomic E-state index is 0.602. The normalized spacial score (nSPS) is 11.1. The Morgan fingerprint density at radius 2 is 1.95 bits per heavy atom. The van der Waals surface area contributed by atoms with Gasteiger partial charge in [-0.25, -0.2) is 4.98 Å². The van der Waals surface area contributed by atoms with Crippen LogP contribution in [0.4, 0.5) is 0 Å². The highest BCUT2D eigenvalue weighted by Crippen LogP contribution is 2.22. The second-order valence-corrected chi connectivity index (χ2v) is 5.09. The van der Waals surface area contributed by atoms with Crippen LogP contribution < -0.4 is 0 Å². The second kappa shape index (κ2) is 8.86. The average molecular weight is 296 g/mol. The Hall–Kier alpha value is -1.21. The number of imidazole rings is 1. The lowest BCUT2D eigenvalue weighted by molar-refractivity contribution is 0.0231. The lowest BCUT2D eigenvalue weighted by atomic mass is 10.4. The molecule has 0 radical (unpaired) electrons. The Labute approximate surface area is 123 Å². The Kier molecular flexibility index (Phi) is 6.73. The van der Waals surface area contributed by atoms with Crippen molar-refractivity contribution in [3.8, 4) is 10.7 Å². The van der Waals surface area contributed by atoms with Gasteiger partial charge in [0.05, 0.1) is 37.9 Å². The third-order valence-electron chi connectivity index (χ3n) is 2.74. The largest absolute Gasteiger partial charge is 0.382 e. The van der Waals surface area contributed by atoms with E-state index in [1.54, 1.807) is 18.4 Å². The highest BCUT2D eigenvalue weighted by atomic mass is 32.1. The minimum Gasteiger partial charge on any atom is -0.382 e. The topological polar surface area (TPSA) is 45.5 Å². The van der Waals surface area contributed by atoms with Crippen LogP contribution in [0.1, 0.15) is 0 Å². The van der Waals surface area contributed by atoms with Gasteiger partial charge >= 0.3 is 0 Å². The molecule has 0 saturated heterocycles. The van der Waals surface area contributed by atoms with Gasteiger partial charge in [-0.15, -0.1) is 11.3 Å². The fourth-order valence-electron chi connectivity index (χ4n) is 1.75. The molecule has 0 unspecified atom stereocenters. The van der Waals surface area contributed by atoms with E-state index in [0.717, 1.165) is 12.4 Å². The van der Waals surface area contributed by atoms with Gasteiger partial charge in [0, 0.05) is 26.0 Å². The number of rotatable bonds is 10. The molecule has 110 valence electrons. The lowest BCUT2D eigenvalue weighted by Gasteiger charge is -2.08. The monoisotopic (exact) mass is 296 g/mol. The summed E-state index contributed by atoms with van der Waals surface area (Å²) in [6, 6.07) is 4.11. The van der Waals surface area contributed by atoms with Gasteiger partial charge in [0.2, 0.25) is 0 Å². The van der Waals surface area contributed by atoms with Crippen LogP contribution in [0.15, 0.2) is 29.9 Å². The van der Waals surface area contributed by atoms with Gasteiger partial charge in [-0.2, -0.15) is 0 Å². The third-order valence-corrected chi connectivity index (χ3v) is 3.60. The minimum absolute atomic E-state index is 0.602. The van der Waals surface area contributed by atoms with E-state index in [0.29, 0.717) is 33.0 Å². The molecule has 2 rings (SSSR count). The predicted molar refractivity (Wildman–Crippen MR) is 79.1 cm³/mol. The van der Waals surface area contributed by atoms with Crippen molar-refractivity contribution in [2.24, 2.45) is 0 Å². The molecule has 5 nitrogen and oxygen atoms in total. The molecule has 0 atom stereocenters. The fourth-order valence-corrected chi connectivity index (χ4v) is 2.48. The number of hydrogen-bond donors (Lipinski definition) is 0. The molecule has 0 amide bonds. The van der Waals surface area contributed by atoms with Crippen molar-refractivity contribution in [2.75, 3.05) is 40.1 Å². The van der Waals surface area contributed by atoms with Crippen molar-refractivity contribution in [3.63, 3.8) is 0 Å². The van der Waals surface area contributed by atoms with E-state index in [1.165, 1.54) is 4.88 Å². The standard InChI is InChI=1S/C14H20N2O3S/c1-17-8-9-19-11-10-18-7-6-16-5-4-15-14(16)13-3-2-12-20-13/h2-5,12H,6-11H2,1H3. The molecule has 2 aromatic rings. The van der Waals surface area contributed by atoms with Crippen molar-refractivity contribution in [3.05, 3.63) is 29.9 Å². The summed E-state index contributed by atoms with van der Waals surface area (Å²) in [5.74, 6) is 1.000. The zero-order chi connectivity index (χ0) is 14.0. The Balaban J connectivity index is 1.64. The van der Waals surface area contributed by atoms with Crippen LogP contribution in [0.25, 0.3) is 10.7 Å². The average Bonchev–Trinajstić information content (AvgIpc) is 3.11. The summed E-state index contributed by atoms with van der Waals surface area (Å²) >= 11 is 1.69. The smallest absolute Gasteiger partial charge is 0.150 e. The molecule has 0 aromatic carbocycles. The second-order valence-electron chi connectivity index (χ2n) is 4.14. The molecule has 0 saturated carbocycles. The molecule has 0 aliphatic heterocycles. The van der Waals surface area contributed by atoms with Crippen LogP contribution >= 0.6 is 11.3 Å². The number of nitrogens with zero attached hydrogens (tertiary/aromatic N) is 2. The molecular formula is C14H20N2O3S. The zero-order valence-electron chi connectivity index (χ0n) is 11.7. The molecule has 20 heavy (non-hydrogen) atoms. The Morgan fingerprint density at radius 1 is 1.15 bits per heavy atom. The SMILES string of the molecule is COCCOCCOCCn1ccnc1-c1cccs1. The van der Waals surface area contributed by atoms with E-state index >= 15 is 0 Å². The van der Waals surface area contributed by atoms with Crippen LogP contribution in [0, 0.1) is 0 Å². The van der Waals surface area contributed by atoms with Crippen LogP contribution in [0.5, 0.6) is 0 Å². The van der Waals surface area contributed by atoms with Gasteiger partial charge in [-0.05, 0) is 11.4 Å². The molecule has 0 aliphatic rings. The molecular weight excluding hydrogens is 276 g/mol. The van der Waals surface area contributed by atoms with Crippen LogP contribution in [-0.2, 0) is 20.8 Å². The van der Waals surface area contributed by atoms with E-state index in [1.807, 2.05) is 18.5 Å². The number of aromatic nitrogens is 2. The first-order valence-corrected chi connectivity index (χ1v) is 7.49. The summed E-state index contributed by atoms with van der Waals surface area (Å²) in [6.45, 7) is 3.90. The van der Waals surface area contributed by atoms with Crippen LogP contribution in [0.3, 0.4) is 0 Å². The van der Waals surface area contributed by atoms with E-state index in [-0.39, 0.29) is 0 Å². The number of hydrogen-bond acceptors (Lipinski definition) is 5. The summed E-state index contributed by atoms with van der Waals surface area (Å²) < 4.78 is 17.9. The first-order valence-electron chi connectivity index (χ1n) is 6.61. The van der Waals surface area contributed by atoms with Crippen molar-refractivity contribution >= 4 is 11.3 Å². The first kappa shape index (κ1) is 15.2. The summed E-state index contributed by atoms with van der Waals surface area (Å²) in [4.78, 5) is 5.57. The van der Waals surface area contributed by atoms with Crippen molar-refractivity contribution in [1.82, 2.24) is 9.55 Å². The maximum absolute atomic E-state index is 5.55. The lowest BCUT2D eigenvalue weighted by Crippen LogP contribution is -2.11. The summed E-state index contributed by atoms with van der Waals surface area (Å²) in [5, 5.41) is 2.06. The first-order chi connectivity index (χ1) is 9.92.